The first-order chi connectivity index (χ1) is 8.72. The number of nitro groups is 1. The fraction of sp³-hybridized carbons (Fsp3) is 0.600. The Morgan fingerprint density at radius 3 is 2.94 bits per heavy atom. The number of anilines is 2. The van der Waals surface area contributed by atoms with Gasteiger partial charge < -0.3 is 10.6 Å². The van der Waals surface area contributed by atoms with E-state index in [1.54, 1.807) is 7.05 Å². The Hall–Kier alpha value is -1.57. The number of nitrogens with zero attached hydrogens (tertiary/aromatic N) is 3. The summed E-state index contributed by atoms with van der Waals surface area (Å²) in [5.74, 6) is 1.68. The molecule has 7 nitrogen and oxygen atoms in total. The van der Waals surface area contributed by atoms with E-state index in [-0.39, 0.29) is 17.3 Å². The van der Waals surface area contributed by atoms with E-state index in [9.17, 15) is 10.1 Å². The molecule has 1 atom stereocenters. The van der Waals surface area contributed by atoms with Crippen LogP contribution in [0.25, 0.3) is 0 Å². The highest BCUT2D eigenvalue weighted by molar-refractivity contribution is 8.00. The molecule has 1 aromatic heterocycles. The van der Waals surface area contributed by atoms with Crippen LogP contribution in [-0.2, 0) is 0 Å². The predicted molar refractivity (Wildman–Crippen MR) is 72.2 cm³/mol. The zero-order chi connectivity index (χ0) is 13.0. The maximum absolute atomic E-state index is 11.0. The van der Waals surface area contributed by atoms with Crippen LogP contribution >= 0.6 is 11.8 Å². The molecule has 0 aromatic carbocycles. The number of hydrogen-bond donors (Lipinski definition) is 2. The zero-order valence-electron chi connectivity index (χ0n) is 10.0. The summed E-state index contributed by atoms with van der Waals surface area (Å²) < 4.78 is 0. The fourth-order valence-corrected chi connectivity index (χ4v) is 3.08. The Bertz CT molecular complexity index is 436. The highest BCUT2D eigenvalue weighted by atomic mass is 32.2. The van der Waals surface area contributed by atoms with Crippen molar-refractivity contribution in [1.29, 1.82) is 0 Å². The van der Waals surface area contributed by atoms with Crippen LogP contribution in [0, 0.1) is 10.1 Å². The summed E-state index contributed by atoms with van der Waals surface area (Å²) in [5.41, 5.74) is -0.0944. The molecule has 0 saturated carbocycles. The molecule has 2 rings (SSSR count). The van der Waals surface area contributed by atoms with Gasteiger partial charge in [0.2, 0.25) is 11.6 Å². The van der Waals surface area contributed by atoms with Gasteiger partial charge in [-0.15, -0.1) is 0 Å². The maximum atomic E-state index is 11.0. The Balaban J connectivity index is 2.13. The Morgan fingerprint density at radius 2 is 2.33 bits per heavy atom. The second kappa shape index (κ2) is 5.85. The van der Waals surface area contributed by atoms with E-state index >= 15 is 0 Å². The molecule has 98 valence electrons. The third-order valence-electron chi connectivity index (χ3n) is 2.76. The third-order valence-corrected chi connectivity index (χ3v) is 4.16. The lowest BCUT2D eigenvalue weighted by Crippen LogP contribution is -2.16. The number of aromatic nitrogens is 2. The average molecular weight is 269 g/mol. The van der Waals surface area contributed by atoms with E-state index < -0.39 is 4.92 Å². The first-order valence-electron chi connectivity index (χ1n) is 5.75. The van der Waals surface area contributed by atoms with E-state index in [2.05, 4.69) is 20.6 Å². The van der Waals surface area contributed by atoms with Gasteiger partial charge in [0, 0.05) is 18.8 Å². The molecule has 0 spiro atoms. The molecular formula is C10H15N5O2S. The summed E-state index contributed by atoms with van der Waals surface area (Å²) in [5, 5.41) is 17.3. The van der Waals surface area contributed by atoms with Crippen molar-refractivity contribution in [2.45, 2.75) is 18.1 Å². The first-order valence-corrected chi connectivity index (χ1v) is 6.80. The minimum absolute atomic E-state index is 0.0944. The van der Waals surface area contributed by atoms with Crippen LogP contribution < -0.4 is 10.6 Å². The standard InChI is InChI=1S/C10H15N5O2S/c1-11-9-8(15(16)17)10(14-6-13-9)12-5-7-3-2-4-18-7/h6-7H,2-5H2,1H3,(H2,11,12,13,14). The summed E-state index contributed by atoms with van der Waals surface area (Å²) in [6.45, 7) is 0.700. The predicted octanol–water partition coefficient (Wildman–Crippen LogP) is 1.73. The molecule has 1 aromatic rings. The van der Waals surface area contributed by atoms with Crippen LogP contribution in [-0.4, -0.2) is 39.5 Å². The van der Waals surface area contributed by atoms with E-state index in [0.717, 1.165) is 6.42 Å². The summed E-state index contributed by atoms with van der Waals surface area (Å²) in [6.07, 6.45) is 3.68. The van der Waals surface area contributed by atoms with Gasteiger partial charge in [-0.3, -0.25) is 10.1 Å². The number of rotatable bonds is 5. The van der Waals surface area contributed by atoms with Crippen molar-refractivity contribution in [1.82, 2.24) is 9.97 Å². The van der Waals surface area contributed by atoms with Gasteiger partial charge in [0.05, 0.1) is 4.92 Å². The number of hydrogen-bond acceptors (Lipinski definition) is 7. The highest BCUT2D eigenvalue weighted by Gasteiger charge is 2.23. The molecule has 1 aliphatic heterocycles. The van der Waals surface area contributed by atoms with Crippen molar-refractivity contribution in [3.05, 3.63) is 16.4 Å². The van der Waals surface area contributed by atoms with Gasteiger partial charge in [-0.1, -0.05) is 0 Å². The van der Waals surface area contributed by atoms with Crippen molar-refractivity contribution in [2.24, 2.45) is 0 Å². The van der Waals surface area contributed by atoms with E-state index in [1.165, 1.54) is 18.5 Å². The quantitative estimate of drug-likeness (QED) is 0.621. The molecule has 1 fully saturated rings. The largest absolute Gasteiger partial charge is 0.367 e. The average Bonchev–Trinajstić information content (AvgIpc) is 2.88. The van der Waals surface area contributed by atoms with E-state index in [0.29, 0.717) is 11.8 Å². The zero-order valence-corrected chi connectivity index (χ0v) is 10.9. The van der Waals surface area contributed by atoms with Crippen molar-refractivity contribution in [3.8, 4) is 0 Å². The Morgan fingerprint density at radius 1 is 1.56 bits per heavy atom. The third kappa shape index (κ3) is 2.81. The molecule has 0 radical (unpaired) electrons. The van der Waals surface area contributed by atoms with E-state index in [1.807, 2.05) is 11.8 Å². The molecule has 1 saturated heterocycles. The molecule has 8 heteroatoms. The number of nitrogens with one attached hydrogen (secondary N) is 2. The van der Waals surface area contributed by atoms with Gasteiger partial charge in [0.15, 0.2) is 0 Å². The molecule has 2 heterocycles. The lowest BCUT2D eigenvalue weighted by Gasteiger charge is -2.11. The van der Waals surface area contributed by atoms with E-state index in [4.69, 9.17) is 0 Å². The Labute approximate surface area is 109 Å². The molecule has 1 unspecified atom stereocenters. The van der Waals surface area contributed by atoms with Crippen LogP contribution in [0.3, 0.4) is 0 Å². The molecule has 1 aliphatic rings. The monoisotopic (exact) mass is 269 g/mol. The summed E-state index contributed by atoms with van der Waals surface area (Å²) in [7, 11) is 1.60. The van der Waals surface area contributed by atoms with Gasteiger partial charge in [0.25, 0.3) is 0 Å². The molecule has 0 bridgehead atoms. The molecule has 18 heavy (non-hydrogen) atoms. The fourth-order valence-electron chi connectivity index (χ4n) is 1.88. The molecular weight excluding hydrogens is 254 g/mol. The van der Waals surface area contributed by atoms with Crippen LogP contribution in [0.15, 0.2) is 6.33 Å². The second-order valence-corrected chi connectivity index (χ2v) is 5.35. The van der Waals surface area contributed by atoms with Gasteiger partial charge in [-0.05, 0) is 18.6 Å². The minimum atomic E-state index is -0.462. The molecule has 2 N–H and O–H groups in total. The van der Waals surface area contributed by atoms with Crippen molar-refractivity contribution >= 4 is 29.1 Å². The normalized spacial score (nSPS) is 18.6. The van der Waals surface area contributed by atoms with Gasteiger partial charge >= 0.3 is 5.69 Å². The van der Waals surface area contributed by atoms with Crippen LogP contribution in [0.5, 0.6) is 0 Å². The Kier molecular flexibility index (Phi) is 4.19. The summed E-state index contributed by atoms with van der Waals surface area (Å²) >= 11 is 1.89. The van der Waals surface area contributed by atoms with Crippen molar-refractivity contribution in [3.63, 3.8) is 0 Å². The first kappa shape index (κ1) is 12.9. The lowest BCUT2D eigenvalue weighted by atomic mass is 10.2. The second-order valence-electron chi connectivity index (χ2n) is 3.94. The SMILES string of the molecule is CNc1ncnc(NCC2CCCS2)c1[N+](=O)[O-]. The van der Waals surface area contributed by atoms with Crippen molar-refractivity contribution in [2.75, 3.05) is 30.0 Å². The van der Waals surface area contributed by atoms with Crippen LogP contribution in [0.4, 0.5) is 17.3 Å². The molecule has 0 amide bonds. The molecule has 0 aliphatic carbocycles. The smallest absolute Gasteiger partial charge is 0.353 e. The van der Waals surface area contributed by atoms with Gasteiger partial charge in [-0.25, -0.2) is 9.97 Å². The van der Waals surface area contributed by atoms with Gasteiger partial charge in [-0.2, -0.15) is 11.8 Å². The van der Waals surface area contributed by atoms with Crippen molar-refractivity contribution < 1.29 is 4.92 Å². The minimum Gasteiger partial charge on any atom is -0.367 e. The summed E-state index contributed by atoms with van der Waals surface area (Å²) in [6, 6.07) is 0. The topological polar surface area (TPSA) is 93.0 Å². The highest BCUT2D eigenvalue weighted by Crippen LogP contribution is 2.30. The van der Waals surface area contributed by atoms with Crippen LogP contribution in [0.2, 0.25) is 0 Å². The summed E-state index contributed by atoms with van der Waals surface area (Å²) in [4.78, 5) is 18.4. The van der Waals surface area contributed by atoms with Crippen LogP contribution in [0.1, 0.15) is 12.8 Å². The number of thioether (sulfide) groups is 1. The van der Waals surface area contributed by atoms with Gasteiger partial charge in [0.1, 0.15) is 6.33 Å². The lowest BCUT2D eigenvalue weighted by molar-refractivity contribution is -0.383. The maximum Gasteiger partial charge on any atom is 0.353 e.